The number of nitrogens with zero attached hydrogens (tertiary/aromatic N) is 2. The molecule has 0 atom stereocenters. The lowest BCUT2D eigenvalue weighted by atomic mass is 10.1. The zero-order valence-corrected chi connectivity index (χ0v) is 10.5. The summed E-state index contributed by atoms with van der Waals surface area (Å²) < 4.78 is 1.23. The van der Waals surface area contributed by atoms with E-state index in [1.165, 1.54) is 20.5 Å². The predicted molar refractivity (Wildman–Crippen MR) is 67.2 cm³/mol. The molecule has 1 aromatic heterocycles. The highest BCUT2D eigenvalue weighted by molar-refractivity contribution is 14.1. The maximum atomic E-state index is 5.55. The number of nitrogens with two attached hydrogens (primary N) is 1. The summed E-state index contributed by atoms with van der Waals surface area (Å²) in [5.74, 6) is 0. The van der Waals surface area contributed by atoms with Crippen molar-refractivity contribution in [1.82, 2.24) is 10.2 Å². The molecule has 14 heavy (non-hydrogen) atoms. The molecule has 2 rings (SSSR count). The van der Waals surface area contributed by atoms with Gasteiger partial charge < -0.3 is 5.73 Å². The Morgan fingerprint density at radius 1 is 1.36 bits per heavy atom. The van der Waals surface area contributed by atoms with Crippen LogP contribution in [0.3, 0.4) is 0 Å². The van der Waals surface area contributed by atoms with Gasteiger partial charge in [-0.2, -0.15) is 0 Å². The molecule has 2 N–H and O–H groups in total. The van der Waals surface area contributed by atoms with E-state index in [1.807, 2.05) is 12.1 Å². The highest BCUT2D eigenvalue weighted by atomic mass is 127. The Balaban J connectivity index is 2.57. The summed E-state index contributed by atoms with van der Waals surface area (Å²) in [6.07, 6.45) is 0. The second-order valence-electron chi connectivity index (χ2n) is 2.86. The maximum Gasteiger partial charge on any atom is 0.203 e. The summed E-state index contributed by atoms with van der Waals surface area (Å²) in [5, 5.41) is 9.24. The van der Waals surface area contributed by atoms with Crippen LogP contribution in [-0.2, 0) is 0 Å². The smallest absolute Gasteiger partial charge is 0.203 e. The molecule has 0 saturated heterocycles. The quantitative estimate of drug-likeness (QED) is 0.823. The normalized spacial score (nSPS) is 10.4. The number of nitrogen functional groups attached to an aromatic ring is 1. The van der Waals surface area contributed by atoms with E-state index in [0.29, 0.717) is 5.13 Å². The van der Waals surface area contributed by atoms with E-state index in [0.717, 1.165) is 10.6 Å². The highest BCUT2D eigenvalue weighted by Gasteiger charge is 2.08. The third kappa shape index (κ3) is 1.74. The standard InChI is InChI=1S/C9H8IN3S/c1-5-6(3-2-4-7(5)10)8-12-13-9(11)14-8/h2-4H,1H3,(H2,11,13). The number of aromatic nitrogens is 2. The molecular weight excluding hydrogens is 309 g/mol. The van der Waals surface area contributed by atoms with Crippen molar-refractivity contribution in [1.29, 1.82) is 0 Å². The number of benzene rings is 1. The lowest BCUT2D eigenvalue weighted by molar-refractivity contribution is 1.10. The average molecular weight is 317 g/mol. The minimum atomic E-state index is 0.512. The molecule has 0 spiro atoms. The monoisotopic (exact) mass is 317 g/mol. The summed E-state index contributed by atoms with van der Waals surface area (Å²) in [6, 6.07) is 6.13. The molecule has 0 aliphatic rings. The van der Waals surface area contributed by atoms with Gasteiger partial charge in [-0.3, -0.25) is 0 Å². The van der Waals surface area contributed by atoms with E-state index in [9.17, 15) is 0 Å². The largest absolute Gasteiger partial charge is 0.374 e. The van der Waals surface area contributed by atoms with E-state index in [-0.39, 0.29) is 0 Å². The first-order valence-electron chi connectivity index (χ1n) is 4.03. The van der Waals surface area contributed by atoms with Gasteiger partial charge in [0.1, 0.15) is 5.01 Å². The fourth-order valence-electron chi connectivity index (χ4n) is 1.18. The zero-order valence-electron chi connectivity index (χ0n) is 7.49. The van der Waals surface area contributed by atoms with Gasteiger partial charge in [0.15, 0.2) is 0 Å². The molecule has 0 radical (unpaired) electrons. The molecule has 0 amide bonds. The molecule has 5 heteroatoms. The van der Waals surface area contributed by atoms with Crippen LogP contribution in [0.2, 0.25) is 0 Å². The highest BCUT2D eigenvalue weighted by Crippen LogP contribution is 2.29. The fourth-order valence-corrected chi connectivity index (χ4v) is 2.37. The SMILES string of the molecule is Cc1c(I)cccc1-c1nnc(N)s1. The first-order valence-corrected chi connectivity index (χ1v) is 5.92. The van der Waals surface area contributed by atoms with Crippen LogP contribution in [0.4, 0.5) is 5.13 Å². The summed E-state index contributed by atoms with van der Waals surface area (Å²) >= 11 is 3.72. The molecule has 1 aromatic carbocycles. The van der Waals surface area contributed by atoms with Crippen molar-refractivity contribution in [3.8, 4) is 10.6 Å². The van der Waals surface area contributed by atoms with Crippen LogP contribution >= 0.6 is 33.9 Å². The molecule has 0 fully saturated rings. The van der Waals surface area contributed by atoms with Gasteiger partial charge in [0.2, 0.25) is 5.13 Å². The lowest BCUT2D eigenvalue weighted by Crippen LogP contribution is -1.85. The van der Waals surface area contributed by atoms with Crippen molar-refractivity contribution < 1.29 is 0 Å². The predicted octanol–water partition coefficient (Wildman–Crippen LogP) is 2.70. The fraction of sp³-hybridized carbons (Fsp3) is 0.111. The van der Waals surface area contributed by atoms with Crippen molar-refractivity contribution in [2.75, 3.05) is 5.73 Å². The molecule has 2 aromatic rings. The number of rotatable bonds is 1. The topological polar surface area (TPSA) is 51.8 Å². The second kappa shape index (κ2) is 3.82. The number of hydrogen-bond acceptors (Lipinski definition) is 4. The van der Waals surface area contributed by atoms with E-state index in [2.05, 4.69) is 45.8 Å². The van der Waals surface area contributed by atoms with Crippen molar-refractivity contribution in [2.45, 2.75) is 6.92 Å². The van der Waals surface area contributed by atoms with Gasteiger partial charge in [-0.05, 0) is 41.1 Å². The Labute approximate surface area is 99.5 Å². The third-order valence-electron chi connectivity index (χ3n) is 1.94. The van der Waals surface area contributed by atoms with Crippen LogP contribution in [0.5, 0.6) is 0 Å². The van der Waals surface area contributed by atoms with Crippen LogP contribution < -0.4 is 5.73 Å². The van der Waals surface area contributed by atoms with Crippen LogP contribution in [0, 0.1) is 10.5 Å². The number of anilines is 1. The van der Waals surface area contributed by atoms with Gasteiger partial charge in [0.25, 0.3) is 0 Å². The van der Waals surface area contributed by atoms with Gasteiger partial charge in [0.05, 0.1) is 0 Å². The molecular formula is C9H8IN3S. The summed E-state index contributed by atoms with van der Waals surface area (Å²) in [7, 11) is 0. The zero-order chi connectivity index (χ0) is 10.1. The van der Waals surface area contributed by atoms with Crippen molar-refractivity contribution >= 4 is 39.1 Å². The van der Waals surface area contributed by atoms with E-state index in [1.54, 1.807) is 0 Å². The Hall–Kier alpha value is -0.690. The van der Waals surface area contributed by atoms with Crippen LogP contribution in [-0.4, -0.2) is 10.2 Å². The summed E-state index contributed by atoms with van der Waals surface area (Å²) in [6.45, 7) is 2.08. The van der Waals surface area contributed by atoms with Crippen molar-refractivity contribution in [3.05, 3.63) is 27.3 Å². The molecule has 0 aliphatic carbocycles. The minimum absolute atomic E-state index is 0.512. The summed E-state index contributed by atoms with van der Waals surface area (Å²) in [4.78, 5) is 0. The van der Waals surface area contributed by atoms with Gasteiger partial charge >= 0.3 is 0 Å². The Kier molecular flexibility index (Phi) is 2.69. The van der Waals surface area contributed by atoms with Crippen LogP contribution in [0.1, 0.15) is 5.56 Å². The van der Waals surface area contributed by atoms with Crippen LogP contribution in [0.15, 0.2) is 18.2 Å². The van der Waals surface area contributed by atoms with Crippen LogP contribution in [0.25, 0.3) is 10.6 Å². The van der Waals surface area contributed by atoms with Gasteiger partial charge in [-0.15, -0.1) is 10.2 Å². The summed E-state index contributed by atoms with van der Waals surface area (Å²) in [5.41, 5.74) is 7.89. The molecule has 0 unspecified atom stereocenters. The third-order valence-corrected chi connectivity index (χ3v) is 3.89. The van der Waals surface area contributed by atoms with Gasteiger partial charge in [-0.25, -0.2) is 0 Å². The van der Waals surface area contributed by atoms with E-state index >= 15 is 0 Å². The lowest BCUT2D eigenvalue weighted by Gasteiger charge is -2.02. The average Bonchev–Trinajstić information content (AvgIpc) is 2.57. The Bertz CT molecular complexity index is 467. The molecule has 0 bridgehead atoms. The van der Waals surface area contributed by atoms with E-state index in [4.69, 9.17) is 5.73 Å². The van der Waals surface area contributed by atoms with Crippen molar-refractivity contribution in [3.63, 3.8) is 0 Å². The van der Waals surface area contributed by atoms with Gasteiger partial charge in [-0.1, -0.05) is 23.5 Å². The second-order valence-corrected chi connectivity index (χ2v) is 5.03. The Morgan fingerprint density at radius 2 is 2.14 bits per heavy atom. The molecule has 72 valence electrons. The first-order chi connectivity index (χ1) is 6.68. The molecule has 1 heterocycles. The molecule has 0 saturated carbocycles. The Morgan fingerprint density at radius 3 is 2.79 bits per heavy atom. The number of hydrogen-bond donors (Lipinski definition) is 1. The van der Waals surface area contributed by atoms with E-state index < -0.39 is 0 Å². The molecule has 0 aliphatic heterocycles. The van der Waals surface area contributed by atoms with Gasteiger partial charge in [0, 0.05) is 9.13 Å². The maximum absolute atomic E-state index is 5.55. The minimum Gasteiger partial charge on any atom is -0.374 e. The molecule has 3 nitrogen and oxygen atoms in total. The first kappa shape index (κ1) is 9.85. The van der Waals surface area contributed by atoms with Crippen molar-refractivity contribution in [2.24, 2.45) is 0 Å². The number of halogens is 1.